The van der Waals surface area contributed by atoms with Gasteiger partial charge in [-0.05, 0) is 54.8 Å². The van der Waals surface area contributed by atoms with Crippen LogP contribution in [0.3, 0.4) is 0 Å². The largest absolute Gasteiger partial charge is 0.495 e. The molecule has 4 nitrogen and oxygen atoms in total. The third kappa shape index (κ3) is 5.37. The number of rotatable bonds is 7. The van der Waals surface area contributed by atoms with Crippen LogP contribution in [0.1, 0.15) is 35.7 Å². The minimum absolute atomic E-state index is 0.0531. The molecule has 0 spiro atoms. The Kier molecular flexibility index (Phi) is 6.91. The van der Waals surface area contributed by atoms with Crippen LogP contribution >= 0.6 is 11.6 Å². The third-order valence-electron chi connectivity index (χ3n) is 4.79. The Hall–Kier alpha value is -2.82. The number of hydrogen-bond donors (Lipinski definition) is 2. The molecule has 0 aromatic heterocycles. The van der Waals surface area contributed by atoms with Gasteiger partial charge in [0.25, 0.3) is 0 Å². The van der Waals surface area contributed by atoms with Gasteiger partial charge in [0.1, 0.15) is 11.8 Å². The van der Waals surface area contributed by atoms with Crippen molar-refractivity contribution in [3.05, 3.63) is 94.5 Å². The average Bonchev–Trinajstić information content (AvgIpc) is 2.73. The number of benzene rings is 3. The molecule has 0 aliphatic carbocycles. The molecule has 3 aromatic rings. The summed E-state index contributed by atoms with van der Waals surface area (Å²) in [5.74, 6) is 0.474. The van der Waals surface area contributed by atoms with Gasteiger partial charge in [-0.25, -0.2) is 0 Å². The zero-order valence-electron chi connectivity index (χ0n) is 16.8. The third-order valence-corrected chi connectivity index (χ3v) is 5.05. The van der Waals surface area contributed by atoms with Crippen LogP contribution < -0.4 is 15.4 Å². The Morgan fingerprint density at radius 2 is 1.66 bits per heavy atom. The molecule has 3 aromatic carbocycles. The lowest BCUT2D eigenvalue weighted by molar-refractivity contribution is -0.118. The fourth-order valence-corrected chi connectivity index (χ4v) is 3.32. The quantitative estimate of drug-likeness (QED) is 0.528. The van der Waals surface area contributed by atoms with Crippen LogP contribution in [0, 0.1) is 6.92 Å². The molecule has 0 bridgehead atoms. The number of aryl methyl sites for hydroxylation is 1. The van der Waals surface area contributed by atoms with E-state index in [1.54, 1.807) is 7.11 Å². The molecular formula is C24H25ClN2O2. The smallest absolute Gasteiger partial charge is 0.246 e. The first-order valence-electron chi connectivity index (χ1n) is 9.50. The number of amides is 1. The Labute approximate surface area is 176 Å². The van der Waals surface area contributed by atoms with Gasteiger partial charge in [0.05, 0.1) is 12.8 Å². The van der Waals surface area contributed by atoms with Gasteiger partial charge in [0.2, 0.25) is 5.91 Å². The topological polar surface area (TPSA) is 50.4 Å². The van der Waals surface area contributed by atoms with Crippen molar-refractivity contribution in [2.75, 3.05) is 12.4 Å². The summed E-state index contributed by atoms with van der Waals surface area (Å²) in [6.45, 7) is 4.00. The van der Waals surface area contributed by atoms with Crippen molar-refractivity contribution in [2.45, 2.75) is 25.9 Å². The maximum atomic E-state index is 13.3. The van der Waals surface area contributed by atoms with Crippen LogP contribution in [-0.2, 0) is 4.79 Å². The van der Waals surface area contributed by atoms with Crippen molar-refractivity contribution >= 4 is 23.2 Å². The first-order chi connectivity index (χ1) is 14.0. The molecule has 2 N–H and O–H groups in total. The highest BCUT2D eigenvalue weighted by molar-refractivity contribution is 6.30. The molecule has 0 radical (unpaired) electrons. The second-order valence-electron chi connectivity index (χ2n) is 6.98. The lowest BCUT2D eigenvalue weighted by Crippen LogP contribution is -2.34. The summed E-state index contributed by atoms with van der Waals surface area (Å²) >= 11 is 6.00. The number of nitrogens with one attached hydrogen (secondary N) is 2. The molecule has 0 saturated heterocycles. The number of halogens is 1. The minimum atomic E-state index is -0.535. The Balaban J connectivity index is 1.86. The number of methoxy groups -OCH3 is 1. The minimum Gasteiger partial charge on any atom is -0.495 e. The van der Waals surface area contributed by atoms with Gasteiger partial charge in [-0.15, -0.1) is 0 Å². The van der Waals surface area contributed by atoms with Crippen molar-refractivity contribution in [1.82, 2.24) is 5.32 Å². The molecule has 29 heavy (non-hydrogen) atoms. The van der Waals surface area contributed by atoms with E-state index in [4.69, 9.17) is 16.3 Å². The van der Waals surface area contributed by atoms with Crippen LogP contribution in [0.4, 0.5) is 5.69 Å². The molecule has 0 unspecified atom stereocenters. The molecule has 0 aliphatic rings. The average molecular weight is 409 g/mol. The van der Waals surface area contributed by atoms with Gasteiger partial charge in [-0.1, -0.05) is 60.1 Å². The van der Waals surface area contributed by atoms with Gasteiger partial charge in [-0.3, -0.25) is 10.1 Å². The Bertz CT molecular complexity index is 958. The fraction of sp³-hybridized carbons (Fsp3) is 0.208. The summed E-state index contributed by atoms with van der Waals surface area (Å²) in [5, 5.41) is 7.15. The lowest BCUT2D eigenvalue weighted by atomic mass is 10.0. The summed E-state index contributed by atoms with van der Waals surface area (Å²) in [5.41, 5.74) is 3.63. The molecule has 150 valence electrons. The summed E-state index contributed by atoms with van der Waals surface area (Å²) in [6.07, 6.45) is 0. The molecular weight excluding hydrogens is 384 g/mol. The van der Waals surface area contributed by atoms with E-state index in [0.717, 1.165) is 16.7 Å². The molecule has 5 heteroatoms. The predicted octanol–water partition coefficient (Wildman–Crippen LogP) is 5.69. The van der Waals surface area contributed by atoms with Crippen molar-refractivity contribution in [3.63, 3.8) is 0 Å². The molecule has 0 saturated carbocycles. The van der Waals surface area contributed by atoms with Gasteiger partial charge in [0, 0.05) is 11.1 Å². The van der Waals surface area contributed by atoms with Crippen LogP contribution in [0.15, 0.2) is 72.8 Å². The highest BCUT2D eigenvalue weighted by Crippen LogP contribution is 2.28. The van der Waals surface area contributed by atoms with Gasteiger partial charge in [-0.2, -0.15) is 0 Å². The van der Waals surface area contributed by atoms with E-state index in [1.165, 1.54) is 0 Å². The zero-order chi connectivity index (χ0) is 20.8. The van der Waals surface area contributed by atoms with E-state index in [0.29, 0.717) is 16.5 Å². The van der Waals surface area contributed by atoms with Crippen molar-refractivity contribution in [2.24, 2.45) is 0 Å². The molecule has 1 amide bonds. The molecule has 0 aliphatic heterocycles. The number of anilines is 1. The lowest BCUT2D eigenvalue weighted by Gasteiger charge is -2.24. The number of ether oxygens (including phenoxy) is 1. The number of hydrogen-bond acceptors (Lipinski definition) is 3. The summed E-state index contributed by atoms with van der Waals surface area (Å²) < 4.78 is 5.40. The SMILES string of the molecule is COc1ccc(C)cc1NC(=O)[C@@H](N[C@H](C)c1ccc(Cl)cc1)c1ccccc1. The maximum Gasteiger partial charge on any atom is 0.246 e. The van der Waals surface area contributed by atoms with Crippen LogP contribution in [0.5, 0.6) is 5.75 Å². The van der Waals surface area contributed by atoms with Gasteiger partial charge < -0.3 is 10.1 Å². The van der Waals surface area contributed by atoms with Crippen LogP contribution in [-0.4, -0.2) is 13.0 Å². The molecule has 2 atom stereocenters. The number of carbonyl (C=O) groups is 1. The van der Waals surface area contributed by atoms with Crippen LogP contribution in [0.25, 0.3) is 0 Å². The molecule has 3 rings (SSSR count). The molecule has 0 heterocycles. The van der Waals surface area contributed by atoms with E-state index in [1.807, 2.05) is 86.6 Å². The van der Waals surface area contributed by atoms with E-state index < -0.39 is 6.04 Å². The zero-order valence-corrected chi connectivity index (χ0v) is 17.5. The Morgan fingerprint density at radius 3 is 2.31 bits per heavy atom. The highest BCUT2D eigenvalue weighted by atomic mass is 35.5. The van der Waals surface area contributed by atoms with Gasteiger partial charge >= 0.3 is 0 Å². The summed E-state index contributed by atoms with van der Waals surface area (Å²) in [6, 6.07) is 22.4. The summed E-state index contributed by atoms with van der Waals surface area (Å²) in [7, 11) is 1.59. The molecule has 0 fully saturated rings. The predicted molar refractivity (Wildman–Crippen MR) is 119 cm³/mol. The number of carbonyl (C=O) groups excluding carboxylic acids is 1. The van der Waals surface area contributed by atoms with Crippen molar-refractivity contribution in [3.8, 4) is 5.75 Å². The second-order valence-corrected chi connectivity index (χ2v) is 7.41. The van der Waals surface area contributed by atoms with Crippen LogP contribution in [0.2, 0.25) is 5.02 Å². The monoisotopic (exact) mass is 408 g/mol. The van der Waals surface area contributed by atoms with Gasteiger partial charge in [0.15, 0.2) is 0 Å². The standard InChI is InChI=1S/C24H25ClN2O2/c1-16-9-14-22(29-3)21(15-16)27-24(28)23(19-7-5-4-6-8-19)26-17(2)18-10-12-20(25)13-11-18/h4-15,17,23,26H,1-3H3,(H,27,28)/t17-,23+/m1/s1. The summed E-state index contributed by atoms with van der Waals surface area (Å²) in [4.78, 5) is 13.3. The second kappa shape index (κ2) is 9.59. The highest BCUT2D eigenvalue weighted by Gasteiger charge is 2.24. The van der Waals surface area contributed by atoms with E-state index >= 15 is 0 Å². The van der Waals surface area contributed by atoms with E-state index in [-0.39, 0.29) is 11.9 Å². The Morgan fingerprint density at radius 1 is 0.966 bits per heavy atom. The van der Waals surface area contributed by atoms with Crippen molar-refractivity contribution in [1.29, 1.82) is 0 Å². The first kappa shape index (κ1) is 20.9. The first-order valence-corrected chi connectivity index (χ1v) is 9.87. The normalized spacial score (nSPS) is 12.8. The maximum absolute atomic E-state index is 13.3. The fourth-order valence-electron chi connectivity index (χ4n) is 3.19. The van der Waals surface area contributed by atoms with Crippen molar-refractivity contribution < 1.29 is 9.53 Å². The van der Waals surface area contributed by atoms with E-state index in [2.05, 4.69) is 10.6 Å². The van der Waals surface area contributed by atoms with E-state index in [9.17, 15) is 4.79 Å².